The molecule has 0 bridgehead atoms. The fraction of sp³-hybridized carbons (Fsp3) is 1.00. The van der Waals surface area contributed by atoms with Crippen molar-refractivity contribution in [2.75, 3.05) is 20.1 Å². The topological polar surface area (TPSA) is 44.3 Å². The van der Waals surface area contributed by atoms with Crippen LogP contribution in [0.5, 0.6) is 0 Å². The van der Waals surface area contributed by atoms with Gasteiger partial charge >= 0.3 is 0 Å². The molecule has 0 spiro atoms. The number of nitrogens with one attached hydrogen (secondary N) is 2. The summed E-state index contributed by atoms with van der Waals surface area (Å²) in [7, 11) is 1.91. The van der Waals surface area contributed by atoms with Crippen molar-refractivity contribution in [2.45, 2.75) is 26.0 Å². The summed E-state index contributed by atoms with van der Waals surface area (Å²) in [4.78, 5) is 0. The van der Waals surface area contributed by atoms with Gasteiger partial charge in [0.1, 0.15) is 0 Å². The van der Waals surface area contributed by atoms with E-state index in [-0.39, 0.29) is 12.1 Å². The van der Waals surface area contributed by atoms with Crippen molar-refractivity contribution in [3.05, 3.63) is 0 Å². The Labute approximate surface area is 62.8 Å². The highest BCUT2D eigenvalue weighted by Gasteiger charge is 2.05. The van der Waals surface area contributed by atoms with Crippen LogP contribution in [0, 0.1) is 0 Å². The number of hydrogen-bond acceptors (Lipinski definition) is 3. The van der Waals surface area contributed by atoms with Gasteiger partial charge in [-0.15, -0.1) is 0 Å². The maximum atomic E-state index is 9.04. The minimum absolute atomic E-state index is 0.188. The quantitative estimate of drug-likeness (QED) is 0.461. The second kappa shape index (κ2) is 5.65. The molecule has 3 nitrogen and oxygen atoms in total. The van der Waals surface area contributed by atoms with Crippen molar-refractivity contribution in [1.29, 1.82) is 0 Å². The Morgan fingerprint density at radius 3 is 2.30 bits per heavy atom. The SMILES string of the molecule is CNCCN[C@H](C)C(C)O. The van der Waals surface area contributed by atoms with E-state index in [0.717, 1.165) is 13.1 Å². The molecule has 0 radical (unpaired) electrons. The first-order chi connectivity index (χ1) is 4.68. The molecule has 0 amide bonds. The largest absolute Gasteiger partial charge is 0.392 e. The zero-order chi connectivity index (χ0) is 7.98. The second-order valence-corrected chi connectivity index (χ2v) is 2.59. The molecule has 62 valence electrons. The normalized spacial score (nSPS) is 16.8. The van der Waals surface area contributed by atoms with Gasteiger partial charge in [0.25, 0.3) is 0 Å². The smallest absolute Gasteiger partial charge is 0.0662 e. The molecule has 0 saturated carbocycles. The van der Waals surface area contributed by atoms with E-state index in [0.29, 0.717) is 0 Å². The van der Waals surface area contributed by atoms with Crippen LogP contribution in [-0.2, 0) is 0 Å². The molecule has 2 atom stereocenters. The van der Waals surface area contributed by atoms with E-state index in [9.17, 15) is 0 Å². The molecule has 10 heavy (non-hydrogen) atoms. The first-order valence-electron chi connectivity index (χ1n) is 3.74. The van der Waals surface area contributed by atoms with Crippen LogP contribution in [0.1, 0.15) is 13.8 Å². The van der Waals surface area contributed by atoms with Gasteiger partial charge < -0.3 is 15.7 Å². The molecule has 0 aliphatic rings. The molecule has 0 rings (SSSR count). The summed E-state index contributed by atoms with van der Waals surface area (Å²) in [5.41, 5.74) is 0. The third kappa shape index (κ3) is 4.73. The first kappa shape index (κ1) is 9.88. The second-order valence-electron chi connectivity index (χ2n) is 2.59. The molecule has 0 aromatic rings. The van der Waals surface area contributed by atoms with Crippen LogP contribution in [0.15, 0.2) is 0 Å². The lowest BCUT2D eigenvalue weighted by Gasteiger charge is -2.15. The van der Waals surface area contributed by atoms with Crippen LogP contribution >= 0.6 is 0 Å². The van der Waals surface area contributed by atoms with Crippen molar-refractivity contribution in [3.63, 3.8) is 0 Å². The Hall–Kier alpha value is -0.120. The van der Waals surface area contributed by atoms with Gasteiger partial charge in [-0.05, 0) is 20.9 Å². The molecule has 0 saturated heterocycles. The fourth-order valence-corrected chi connectivity index (χ4v) is 0.595. The summed E-state index contributed by atoms with van der Waals surface area (Å²) in [6.07, 6.45) is -0.267. The predicted octanol–water partition coefficient (Wildman–Crippen LogP) is -0.435. The average molecular weight is 146 g/mol. The van der Waals surface area contributed by atoms with E-state index >= 15 is 0 Å². The van der Waals surface area contributed by atoms with Crippen molar-refractivity contribution in [2.24, 2.45) is 0 Å². The molecule has 0 aliphatic carbocycles. The number of aliphatic hydroxyl groups excluding tert-OH is 1. The maximum Gasteiger partial charge on any atom is 0.0662 e. The van der Waals surface area contributed by atoms with E-state index in [1.165, 1.54) is 0 Å². The zero-order valence-electron chi connectivity index (χ0n) is 7.02. The van der Waals surface area contributed by atoms with Gasteiger partial charge in [-0.25, -0.2) is 0 Å². The van der Waals surface area contributed by atoms with Crippen molar-refractivity contribution in [1.82, 2.24) is 10.6 Å². The highest BCUT2D eigenvalue weighted by Crippen LogP contribution is 1.87. The highest BCUT2D eigenvalue weighted by atomic mass is 16.3. The molecule has 0 aromatic carbocycles. The van der Waals surface area contributed by atoms with E-state index in [1.807, 2.05) is 14.0 Å². The van der Waals surface area contributed by atoms with Crippen LogP contribution in [0.2, 0.25) is 0 Å². The van der Waals surface area contributed by atoms with Gasteiger partial charge in [0, 0.05) is 19.1 Å². The van der Waals surface area contributed by atoms with Crippen molar-refractivity contribution < 1.29 is 5.11 Å². The van der Waals surface area contributed by atoms with Crippen molar-refractivity contribution in [3.8, 4) is 0 Å². The summed E-state index contributed by atoms with van der Waals surface area (Å²) >= 11 is 0. The van der Waals surface area contributed by atoms with Gasteiger partial charge in [0.15, 0.2) is 0 Å². The van der Waals surface area contributed by atoms with E-state index in [2.05, 4.69) is 10.6 Å². The lowest BCUT2D eigenvalue weighted by atomic mass is 10.2. The summed E-state index contributed by atoms with van der Waals surface area (Å²) in [5, 5.41) is 15.2. The van der Waals surface area contributed by atoms with E-state index in [4.69, 9.17) is 5.11 Å². The number of rotatable bonds is 5. The van der Waals surface area contributed by atoms with Gasteiger partial charge in [0.2, 0.25) is 0 Å². The maximum absolute atomic E-state index is 9.04. The molecule has 3 N–H and O–H groups in total. The van der Waals surface area contributed by atoms with Crippen LogP contribution < -0.4 is 10.6 Å². The van der Waals surface area contributed by atoms with Gasteiger partial charge in [-0.2, -0.15) is 0 Å². The molecule has 0 heterocycles. The van der Waals surface area contributed by atoms with Gasteiger partial charge in [0.05, 0.1) is 6.10 Å². The van der Waals surface area contributed by atoms with Crippen LogP contribution in [0.25, 0.3) is 0 Å². The monoisotopic (exact) mass is 146 g/mol. The Bertz CT molecular complexity index is 76.0. The molecular weight excluding hydrogens is 128 g/mol. The minimum Gasteiger partial charge on any atom is -0.392 e. The third-order valence-corrected chi connectivity index (χ3v) is 1.56. The van der Waals surface area contributed by atoms with Crippen LogP contribution in [-0.4, -0.2) is 37.4 Å². The van der Waals surface area contributed by atoms with Gasteiger partial charge in [-0.3, -0.25) is 0 Å². The number of hydrogen-bond donors (Lipinski definition) is 3. The lowest BCUT2D eigenvalue weighted by Crippen LogP contribution is -2.38. The number of likely N-dealkylation sites (N-methyl/N-ethyl adjacent to an activating group) is 1. The summed E-state index contributed by atoms with van der Waals surface area (Å²) in [6, 6.07) is 0.188. The average Bonchev–Trinajstić information content (AvgIpc) is 1.88. The first-order valence-corrected chi connectivity index (χ1v) is 3.74. The van der Waals surface area contributed by atoms with Crippen LogP contribution in [0.3, 0.4) is 0 Å². The minimum atomic E-state index is -0.267. The van der Waals surface area contributed by atoms with Gasteiger partial charge in [-0.1, -0.05) is 0 Å². The zero-order valence-corrected chi connectivity index (χ0v) is 7.02. The predicted molar refractivity (Wildman–Crippen MR) is 43.1 cm³/mol. The fourth-order valence-electron chi connectivity index (χ4n) is 0.595. The van der Waals surface area contributed by atoms with Crippen molar-refractivity contribution >= 4 is 0 Å². The molecule has 3 heteroatoms. The standard InChI is InChI=1S/C7H18N2O/c1-6(7(2)10)9-5-4-8-3/h6-10H,4-5H2,1-3H3/t6-,7?/m1/s1. The summed E-state index contributed by atoms with van der Waals surface area (Å²) in [5.74, 6) is 0. The Balaban J connectivity index is 3.13. The molecule has 1 unspecified atom stereocenters. The summed E-state index contributed by atoms with van der Waals surface area (Å²) in [6.45, 7) is 5.61. The van der Waals surface area contributed by atoms with E-state index < -0.39 is 0 Å². The Morgan fingerprint density at radius 1 is 1.30 bits per heavy atom. The molecule has 0 aliphatic heterocycles. The highest BCUT2D eigenvalue weighted by molar-refractivity contribution is 4.65. The van der Waals surface area contributed by atoms with E-state index in [1.54, 1.807) is 6.92 Å². The molecule has 0 aromatic heterocycles. The van der Waals surface area contributed by atoms with Crippen LogP contribution in [0.4, 0.5) is 0 Å². The summed E-state index contributed by atoms with van der Waals surface area (Å²) < 4.78 is 0. The molecular formula is C7H18N2O. The lowest BCUT2D eigenvalue weighted by molar-refractivity contribution is 0.153. The number of aliphatic hydroxyl groups is 1. The Kier molecular flexibility index (Phi) is 5.58. The molecule has 0 fully saturated rings. The third-order valence-electron chi connectivity index (χ3n) is 1.56. The Morgan fingerprint density at radius 2 is 1.90 bits per heavy atom.